The molecule has 2 saturated carbocycles. The van der Waals surface area contributed by atoms with Crippen LogP contribution in [0.15, 0.2) is 0 Å². The van der Waals surface area contributed by atoms with Crippen LogP contribution in [0.3, 0.4) is 0 Å². The van der Waals surface area contributed by atoms with Crippen molar-refractivity contribution in [1.82, 2.24) is 4.90 Å². The molecule has 1 aliphatic heterocycles. The highest BCUT2D eigenvalue weighted by atomic mass is 16.2. The predicted octanol–water partition coefficient (Wildman–Crippen LogP) is 2.44. The first kappa shape index (κ1) is 12.5. The van der Waals surface area contributed by atoms with Gasteiger partial charge in [0.1, 0.15) is 0 Å². The number of likely N-dealkylation sites (tertiary alicyclic amines) is 1. The zero-order chi connectivity index (χ0) is 12.6. The number of hydrogen-bond donors (Lipinski definition) is 1. The molecule has 18 heavy (non-hydrogen) atoms. The molecule has 0 unspecified atom stereocenters. The summed E-state index contributed by atoms with van der Waals surface area (Å²) in [7, 11) is 0. The van der Waals surface area contributed by atoms with E-state index in [2.05, 4.69) is 4.90 Å². The van der Waals surface area contributed by atoms with Crippen LogP contribution in [0.4, 0.5) is 0 Å². The average molecular weight is 250 g/mol. The number of carbonyl (C=O) groups is 1. The number of nitrogens with two attached hydrogens (primary N) is 1. The quantitative estimate of drug-likeness (QED) is 0.777. The summed E-state index contributed by atoms with van der Waals surface area (Å²) >= 11 is 0. The summed E-state index contributed by atoms with van der Waals surface area (Å²) in [4.78, 5) is 15.0. The first-order chi connectivity index (χ1) is 8.71. The molecule has 3 aliphatic rings. The summed E-state index contributed by atoms with van der Waals surface area (Å²) in [5.41, 5.74) is 5.85. The molecule has 2 N–H and O–H groups in total. The van der Waals surface area contributed by atoms with Crippen LogP contribution in [0.2, 0.25) is 0 Å². The molecule has 0 spiro atoms. The lowest BCUT2D eigenvalue weighted by Crippen LogP contribution is -2.59. The summed E-state index contributed by atoms with van der Waals surface area (Å²) in [6.07, 6.45) is 11.8. The van der Waals surface area contributed by atoms with Crippen LogP contribution in [0.1, 0.15) is 64.2 Å². The van der Waals surface area contributed by atoms with Crippen molar-refractivity contribution in [3.8, 4) is 0 Å². The molecule has 3 rings (SSSR count). The van der Waals surface area contributed by atoms with Crippen molar-refractivity contribution in [2.45, 2.75) is 75.8 Å². The smallest absolute Gasteiger partial charge is 0.242 e. The highest BCUT2D eigenvalue weighted by Crippen LogP contribution is 2.38. The molecule has 2 aliphatic carbocycles. The monoisotopic (exact) mass is 250 g/mol. The van der Waals surface area contributed by atoms with Crippen molar-refractivity contribution in [2.75, 3.05) is 6.54 Å². The van der Waals surface area contributed by atoms with E-state index in [1.807, 2.05) is 0 Å². The van der Waals surface area contributed by atoms with E-state index in [-0.39, 0.29) is 5.91 Å². The van der Waals surface area contributed by atoms with Gasteiger partial charge in [-0.05, 0) is 44.4 Å². The molecule has 3 heteroatoms. The van der Waals surface area contributed by atoms with Crippen molar-refractivity contribution in [3.63, 3.8) is 0 Å². The van der Waals surface area contributed by atoms with Crippen molar-refractivity contribution < 1.29 is 4.79 Å². The van der Waals surface area contributed by atoms with Gasteiger partial charge in [0.25, 0.3) is 0 Å². The molecular formula is C15H26N2O. The third-order valence-electron chi connectivity index (χ3n) is 5.43. The second kappa shape index (κ2) is 4.84. The van der Waals surface area contributed by atoms with E-state index < -0.39 is 5.54 Å². The Balaban J connectivity index is 1.75. The van der Waals surface area contributed by atoms with Gasteiger partial charge in [-0.1, -0.05) is 25.7 Å². The van der Waals surface area contributed by atoms with Gasteiger partial charge in [0.2, 0.25) is 5.91 Å². The van der Waals surface area contributed by atoms with Gasteiger partial charge in [-0.15, -0.1) is 0 Å². The van der Waals surface area contributed by atoms with E-state index in [9.17, 15) is 4.79 Å². The largest absolute Gasteiger partial charge is 0.338 e. The number of piperidine rings is 1. The second-order valence-electron chi connectivity index (χ2n) is 6.62. The fourth-order valence-corrected chi connectivity index (χ4v) is 4.38. The molecule has 0 aromatic rings. The number of rotatable bonds is 1. The zero-order valence-corrected chi connectivity index (χ0v) is 11.4. The summed E-state index contributed by atoms with van der Waals surface area (Å²) in [6, 6.07) is 0.515. The maximum absolute atomic E-state index is 12.8. The Morgan fingerprint density at radius 3 is 2.44 bits per heavy atom. The molecule has 0 radical (unpaired) electrons. The Kier molecular flexibility index (Phi) is 3.35. The van der Waals surface area contributed by atoms with E-state index >= 15 is 0 Å². The summed E-state index contributed by atoms with van der Waals surface area (Å²) in [5, 5.41) is 0. The second-order valence-corrected chi connectivity index (χ2v) is 6.62. The lowest BCUT2D eigenvalue weighted by molar-refractivity contribution is -0.143. The minimum atomic E-state index is -0.515. The Labute approximate surface area is 110 Å². The molecule has 0 aromatic heterocycles. The van der Waals surface area contributed by atoms with Gasteiger partial charge < -0.3 is 10.6 Å². The van der Waals surface area contributed by atoms with E-state index in [0.29, 0.717) is 6.04 Å². The van der Waals surface area contributed by atoms with E-state index in [1.54, 1.807) is 0 Å². The Morgan fingerprint density at radius 1 is 1.00 bits per heavy atom. The minimum Gasteiger partial charge on any atom is -0.338 e. The van der Waals surface area contributed by atoms with Gasteiger partial charge in [-0.2, -0.15) is 0 Å². The molecule has 2 atom stereocenters. The van der Waals surface area contributed by atoms with Crippen LogP contribution in [0, 0.1) is 5.92 Å². The first-order valence-electron chi connectivity index (χ1n) is 7.81. The standard InChI is InChI=1S/C15H26N2O/c16-15(9-3-4-10-15)14(18)17-11-5-7-12-6-1-2-8-13(12)17/h12-13H,1-11,16H2/t12-,13-/m1/s1. The van der Waals surface area contributed by atoms with Crippen LogP contribution in [0.5, 0.6) is 0 Å². The van der Waals surface area contributed by atoms with Crippen LogP contribution >= 0.6 is 0 Å². The SMILES string of the molecule is NC1(C(=O)N2CCC[C@H]3CCCC[C@H]32)CCCC1. The topological polar surface area (TPSA) is 46.3 Å². The molecule has 0 bridgehead atoms. The molecule has 102 valence electrons. The lowest BCUT2D eigenvalue weighted by atomic mass is 9.77. The highest BCUT2D eigenvalue weighted by molar-refractivity contribution is 5.86. The molecule has 3 nitrogen and oxygen atoms in total. The van der Waals surface area contributed by atoms with Gasteiger partial charge in [-0.3, -0.25) is 4.79 Å². The molecule has 0 aromatic carbocycles. The first-order valence-corrected chi connectivity index (χ1v) is 7.81. The van der Waals surface area contributed by atoms with E-state index in [0.717, 1.165) is 38.1 Å². The van der Waals surface area contributed by atoms with Gasteiger partial charge in [0, 0.05) is 12.6 Å². The number of nitrogens with zero attached hydrogens (tertiary/aromatic N) is 1. The maximum Gasteiger partial charge on any atom is 0.242 e. The number of carbonyl (C=O) groups excluding carboxylic acids is 1. The lowest BCUT2D eigenvalue weighted by Gasteiger charge is -2.46. The molecule has 1 amide bonds. The average Bonchev–Trinajstić information content (AvgIpc) is 2.85. The number of amides is 1. The molecule has 1 saturated heterocycles. The van der Waals surface area contributed by atoms with Crippen LogP contribution < -0.4 is 5.73 Å². The Bertz CT molecular complexity index is 320. The molecule has 1 heterocycles. The summed E-state index contributed by atoms with van der Waals surface area (Å²) < 4.78 is 0. The van der Waals surface area contributed by atoms with Crippen LogP contribution in [0.25, 0.3) is 0 Å². The minimum absolute atomic E-state index is 0.275. The Morgan fingerprint density at radius 2 is 1.67 bits per heavy atom. The number of fused-ring (bicyclic) bond motifs is 1. The molecular weight excluding hydrogens is 224 g/mol. The maximum atomic E-state index is 12.8. The van der Waals surface area contributed by atoms with E-state index in [1.165, 1.54) is 38.5 Å². The zero-order valence-electron chi connectivity index (χ0n) is 11.4. The van der Waals surface area contributed by atoms with Crippen molar-refractivity contribution in [1.29, 1.82) is 0 Å². The summed E-state index contributed by atoms with van der Waals surface area (Å²) in [6.45, 7) is 0.957. The van der Waals surface area contributed by atoms with Crippen molar-refractivity contribution in [2.24, 2.45) is 11.7 Å². The van der Waals surface area contributed by atoms with Gasteiger partial charge >= 0.3 is 0 Å². The third-order valence-corrected chi connectivity index (χ3v) is 5.43. The normalized spacial score (nSPS) is 35.3. The van der Waals surface area contributed by atoms with E-state index in [4.69, 9.17) is 5.73 Å². The summed E-state index contributed by atoms with van der Waals surface area (Å²) in [5.74, 6) is 1.04. The number of hydrogen-bond acceptors (Lipinski definition) is 2. The fourth-order valence-electron chi connectivity index (χ4n) is 4.38. The van der Waals surface area contributed by atoms with Crippen LogP contribution in [-0.4, -0.2) is 28.9 Å². The third kappa shape index (κ3) is 2.07. The van der Waals surface area contributed by atoms with Gasteiger partial charge in [0.15, 0.2) is 0 Å². The van der Waals surface area contributed by atoms with Crippen molar-refractivity contribution >= 4 is 5.91 Å². The van der Waals surface area contributed by atoms with Gasteiger partial charge in [-0.25, -0.2) is 0 Å². The van der Waals surface area contributed by atoms with Crippen molar-refractivity contribution in [3.05, 3.63) is 0 Å². The predicted molar refractivity (Wildman–Crippen MR) is 72.1 cm³/mol. The Hall–Kier alpha value is -0.570. The fraction of sp³-hybridized carbons (Fsp3) is 0.933. The van der Waals surface area contributed by atoms with Crippen LogP contribution in [-0.2, 0) is 4.79 Å². The molecule has 3 fully saturated rings. The van der Waals surface area contributed by atoms with Gasteiger partial charge in [0.05, 0.1) is 5.54 Å². The highest BCUT2D eigenvalue weighted by Gasteiger charge is 2.44.